The first-order valence-electron chi connectivity index (χ1n) is 9.49. The van der Waals surface area contributed by atoms with E-state index in [1.54, 1.807) is 12.1 Å². The minimum atomic E-state index is -0.267. The number of aromatic nitrogens is 2. The molecule has 0 saturated heterocycles. The van der Waals surface area contributed by atoms with Crippen LogP contribution in [0.25, 0.3) is 21.3 Å². The molecule has 31 heavy (non-hydrogen) atoms. The molecule has 8 heteroatoms. The highest BCUT2D eigenvalue weighted by molar-refractivity contribution is 7.17. The summed E-state index contributed by atoms with van der Waals surface area (Å²) in [6.45, 7) is 2.21. The van der Waals surface area contributed by atoms with Gasteiger partial charge in [0.15, 0.2) is 0 Å². The largest absolute Gasteiger partial charge is 0.326 e. The van der Waals surface area contributed by atoms with Crippen LogP contribution in [0.2, 0.25) is 5.02 Å². The van der Waals surface area contributed by atoms with Crippen LogP contribution >= 0.6 is 22.9 Å². The highest BCUT2D eigenvalue weighted by Gasteiger charge is 2.14. The molecule has 154 valence electrons. The van der Waals surface area contributed by atoms with E-state index in [9.17, 15) is 9.59 Å². The maximum absolute atomic E-state index is 13.1. The third kappa shape index (κ3) is 4.36. The number of fused-ring (bicyclic) bond motifs is 1. The fourth-order valence-corrected chi connectivity index (χ4v) is 4.33. The smallest absolute Gasteiger partial charge is 0.262 e. The second kappa shape index (κ2) is 8.72. The fraction of sp³-hybridized carbons (Fsp3) is 0.130. The molecule has 2 aromatic carbocycles. The number of anilines is 1. The van der Waals surface area contributed by atoms with E-state index >= 15 is 0 Å². The van der Waals surface area contributed by atoms with Gasteiger partial charge in [0.1, 0.15) is 10.9 Å². The first-order valence-corrected chi connectivity index (χ1v) is 10.7. The Morgan fingerprint density at radius 3 is 2.74 bits per heavy atom. The van der Waals surface area contributed by atoms with E-state index in [4.69, 9.17) is 16.9 Å². The Hall–Kier alpha value is -3.47. The Kier molecular flexibility index (Phi) is 5.85. The zero-order valence-electron chi connectivity index (χ0n) is 16.6. The van der Waals surface area contributed by atoms with Gasteiger partial charge in [-0.2, -0.15) is 5.26 Å². The van der Waals surface area contributed by atoms with Crippen molar-refractivity contribution < 1.29 is 4.79 Å². The number of aryl methyl sites for hydroxylation is 2. The Balaban J connectivity index is 1.53. The van der Waals surface area contributed by atoms with E-state index in [-0.39, 0.29) is 29.5 Å². The number of halogens is 1. The summed E-state index contributed by atoms with van der Waals surface area (Å²) in [5.41, 5.74) is 3.62. The minimum Gasteiger partial charge on any atom is -0.326 e. The number of hydrogen-bond donors (Lipinski definition) is 1. The lowest BCUT2D eigenvalue weighted by molar-refractivity contribution is -0.116. The van der Waals surface area contributed by atoms with Crippen LogP contribution in [0, 0.1) is 18.3 Å². The molecule has 4 aromatic rings. The van der Waals surface area contributed by atoms with Crippen molar-refractivity contribution in [2.45, 2.75) is 19.9 Å². The Morgan fingerprint density at radius 1 is 1.26 bits per heavy atom. The van der Waals surface area contributed by atoms with Gasteiger partial charge in [0, 0.05) is 29.6 Å². The molecule has 2 aromatic heterocycles. The number of nitrogens with one attached hydrogen (secondary N) is 1. The van der Waals surface area contributed by atoms with Crippen LogP contribution in [-0.4, -0.2) is 15.5 Å². The molecule has 0 bridgehead atoms. The zero-order chi connectivity index (χ0) is 22.0. The van der Waals surface area contributed by atoms with Crippen LogP contribution in [0.4, 0.5) is 5.69 Å². The Bertz CT molecular complexity index is 1380. The first-order chi connectivity index (χ1) is 15.0. The quantitative estimate of drug-likeness (QED) is 0.466. The molecule has 1 amide bonds. The number of amides is 1. The molecule has 0 spiro atoms. The third-order valence-corrected chi connectivity index (χ3v) is 6.08. The maximum Gasteiger partial charge on any atom is 0.262 e. The van der Waals surface area contributed by atoms with Crippen LogP contribution < -0.4 is 10.9 Å². The summed E-state index contributed by atoms with van der Waals surface area (Å²) in [5.74, 6) is -0.267. The summed E-state index contributed by atoms with van der Waals surface area (Å²) in [5, 5.41) is 14.4. The van der Waals surface area contributed by atoms with Gasteiger partial charge in [-0.25, -0.2) is 4.98 Å². The van der Waals surface area contributed by atoms with Gasteiger partial charge in [0.25, 0.3) is 5.56 Å². The SMILES string of the molecule is Cc1ccc(-c2csc3ncn(CCC(=O)Nc4ccc(C#N)c(Cl)c4)c(=O)c23)cc1. The molecule has 0 radical (unpaired) electrons. The average Bonchev–Trinajstić information content (AvgIpc) is 3.19. The monoisotopic (exact) mass is 448 g/mol. The zero-order valence-corrected chi connectivity index (χ0v) is 18.1. The third-order valence-electron chi connectivity index (χ3n) is 4.88. The number of thiophene rings is 1. The predicted molar refractivity (Wildman–Crippen MR) is 123 cm³/mol. The highest BCUT2D eigenvalue weighted by atomic mass is 35.5. The van der Waals surface area contributed by atoms with Crippen molar-refractivity contribution in [3.05, 3.63) is 80.7 Å². The van der Waals surface area contributed by atoms with Crippen molar-refractivity contribution in [3.8, 4) is 17.2 Å². The molecular formula is C23H17ClN4O2S. The summed E-state index contributed by atoms with van der Waals surface area (Å²) in [6.07, 6.45) is 1.57. The highest BCUT2D eigenvalue weighted by Crippen LogP contribution is 2.30. The van der Waals surface area contributed by atoms with E-state index < -0.39 is 0 Å². The number of nitriles is 1. The van der Waals surface area contributed by atoms with E-state index in [2.05, 4.69) is 10.3 Å². The molecule has 4 rings (SSSR count). The molecule has 6 nitrogen and oxygen atoms in total. The summed E-state index contributed by atoms with van der Waals surface area (Å²) in [6, 6.07) is 14.6. The van der Waals surface area contributed by atoms with Crippen molar-refractivity contribution >= 4 is 44.7 Å². The fourth-order valence-electron chi connectivity index (χ4n) is 3.20. The lowest BCUT2D eigenvalue weighted by Gasteiger charge is -2.08. The molecule has 2 heterocycles. The van der Waals surface area contributed by atoms with Gasteiger partial charge in [-0.3, -0.25) is 14.2 Å². The van der Waals surface area contributed by atoms with Gasteiger partial charge in [-0.1, -0.05) is 41.4 Å². The second-order valence-corrected chi connectivity index (χ2v) is 8.31. The summed E-state index contributed by atoms with van der Waals surface area (Å²) in [4.78, 5) is 30.5. The molecule has 0 saturated carbocycles. The average molecular weight is 449 g/mol. The van der Waals surface area contributed by atoms with Crippen LogP contribution in [0.15, 0.2) is 59.0 Å². The maximum atomic E-state index is 13.1. The van der Waals surface area contributed by atoms with Crippen LogP contribution in [0.5, 0.6) is 0 Å². The molecule has 0 aliphatic rings. The molecule has 0 aliphatic carbocycles. The van der Waals surface area contributed by atoms with Crippen molar-refractivity contribution in [2.24, 2.45) is 0 Å². The Labute approximate surface area is 187 Å². The van der Waals surface area contributed by atoms with Gasteiger partial charge >= 0.3 is 0 Å². The number of carbonyl (C=O) groups excluding carboxylic acids is 1. The van der Waals surface area contributed by atoms with Crippen LogP contribution in [0.1, 0.15) is 17.5 Å². The van der Waals surface area contributed by atoms with Crippen molar-refractivity contribution in [2.75, 3.05) is 5.32 Å². The summed E-state index contributed by atoms with van der Waals surface area (Å²) < 4.78 is 1.46. The van der Waals surface area contributed by atoms with Crippen molar-refractivity contribution in [3.63, 3.8) is 0 Å². The van der Waals surface area contributed by atoms with Gasteiger partial charge in [0.05, 0.1) is 22.3 Å². The topological polar surface area (TPSA) is 87.8 Å². The standard InChI is InChI=1S/C23H17ClN4O2S/c1-14-2-4-15(5-3-14)18-12-31-22-21(18)23(30)28(13-26-22)9-8-20(29)27-17-7-6-16(11-25)19(24)10-17/h2-7,10,12-13H,8-9H2,1H3,(H,27,29). The molecular weight excluding hydrogens is 432 g/mol. The van der Waals surface area contributed by atoms with Crippen molar-refractivity contribution in [1.82, 2.24) is 9.55 Å². The van der Waals surface area contributed by atoms with Gasteiger partial charge in [-0.15, -0.1) is 11.3 Å². The van der Waals surface area contributed by atoms with E-state index in [1.807, 2.05) is 42.6 Å². The predicted octanol–water partition coefficient (Wildman–Crippen LogP) is 4.99. The molecule has 0 aliphatic heterocycles. The molecule has 1 N–H and O–H groups in total. The van der Waals surface area contributed by atoms with Crippen LogP contribution in [0.3, 0.4) is 0 Å². The first kappa shape index (κ1) is 20.8. The number of rotatable bonds is 5. The lowest BCUT2D eigenvalue weighted by atomic mass is 10.1. The summed E-state index contributed by atoms with van der Waals surface area (Å²) >= 11 is 7.43. The van der Waals surface area contributed by atoms with Gasteiger partial charge in [0.2, 0.25) is 5.91 Å². The van der Waals surface area contributed by atoms with Gasteiger partial charge < -0.3 is 5.32 Å². The minimum absolute atomic E-state index is 0.0920. The van der Waals surface area contributed by atoms with Crippen molar-refractivity contribution in [1.29, 1.82) is 5.26 Å². The van der Waals surface area contributed by atoms with Crippen LogP contribution in [-0.2, 0) is 11.3 Å². The van der Waals surface area contributed by atoms with E-state index in [0.717, 1.165) is 16.7 Å². The molecule has 0 unspecified atom stereocenters. The van der Waals surface area contributed by atoms with Gasteiger partial charge in [-0.05, 0) is 30.7 Å². The number of carbonyl (C=O) groups is 1. The lowest BCUT2D eigenvalue weighted by Crippen LogP contribution is -2.23. The number of nitrogens with zero attached hydrogens (tertiary/aromatic N) is 3. The molecule has 0 atom stereocenters. The number of benzene rings is 2. The normalized spacial score (nSPS) is 10.7. The molecule has 0 fully saturated rings. The summed E-state index contributed by atoms with van der Waals surface area (Å²) in [7, 11) is 0. The number of hydrogen-bond acceptors (Lipinski definition) is 5. The Morgan fingerprint density at radius 2 is 2.03 bits per heavy atom. The van der Waals surface area contributed by atoms with E-state index in [1.165, 1.54) is 28.3 Å². The second-order valence-electron chi connectivity index (χ2n) is 7.04. The van der Waals surface area contributed by atoms with E-state index in [0.29, 0.717) is 21.5 Å².